The molecule has 22 heavy (non-hydrogen) atoms. The number of non-ortho nitro benzene ring substituents is 1. The van der Waals surface area contributed by atoms with Crippen molar-refractivity contribution in [3.8, 4) is 0 Å². The molecule has 0 atom stereocenters. The molecule has 0 saturated heterocycles. The smallest absolute Gasteiger partial charge is 0.343 e. The Hall–Kier alpha value is -2.96. The molecule has 0 amide bonds. The molecule has 1 heterocycles. The molecular formula is C15H14N2O5. The van der Waals surface area contributed by atoms with E-state index in [1.807, 2.05) is 0 Å². The maximum atomic E-state index is 11.8. The number of nitro benzene ring substituents is 1. The van der Waals surface area contributed by atoms with Crippen molar-refractivity contribution in [1.29, 1.82) is 0 Å². The molecule has 0 unspecified atom stereocenters. The molecule has 0 radical (unpaired) electrons. The van der Waals surface area contributed by atoms with E-state index in [2.05, 4.69) is 4.99 Å². The number of aliphatic hydroxyl groups excluding tert-OH is 1. The Morgan fingerprint density at radius 1 is 1.41 bits per heavy atom. The van der Waals surface area contributed by atoms with Crippen LogP contribution in [0, 0.1) is 10.1 Å². The van der Waals surface area contributed by atoms with Crippen molar-refractivity contribution in [2.45, 2.75) is 13.8 Å². The van der Waals surface area contributed by atoms with Crippen molar-refractivity contribution in [1.82, 2.24) is 0 Å². The van der Waals surface area contributed by atoms with Gasteiger partial charge in [0.25, 0.3) is 5.69 Å². The highest BCUT2D eigenvalue weighted by atomic mass is 16.6. The average molecular weight is 302 g/mol. The minimum Gasteiger partial charge on any atom is -0.505 e. The Kier molecular flexibility index (Phi) is 4.36. The molecular weight excluding hydrogens is 288 g/mol. The number of ether oxygens (including phenoxy) is 1. The zero-order valence-corrected chi connectivity index (χ0v) is 12.1. The van der Waals surface area contributed by atoms with Crippen molar-refractivity contribution in [3.05, 3.63) is 57.0 Å². The molecule has 0 aromatic heterocycles. The Bertz CT molecular complexity index is 714. The maximum absolute atomic E-state index is 11.8. The third-order valence-corrected chi connectivity index (χ3v) is 3.02. The molecule has 0 spiro atoms. The van der Waals surface area contributed by atoms with Crippen molar-refractivity contribution < 1.29 is 19.6 Å². The number of hydrogen-bond acceptors (Lipinski definition) is 6. The van der Waals surface area contributed by atoms with Gasteiger partial charge in [-0.05, 0) is 37.6 Å². The van der Waals surface area contributed by atoms with Crippen LogP contribution in [0.4, 0.5) is 5.69 Å². The summed E-state index contributed by atoms with van der Waals surface area (Å²) >= 11 is 0. The van der Waals surface area contributed by atoms with Gasteiger partial charge >= 0.3 is 5.97 Å². The van der Waals surface area contributed by atoms with Crippen LogP contribution >= 0.6 is 0 Å². The lowest BCUT2D eigenvalue weighted by molar-refractivity contribution is -0.384. The monoisotopic (exact) mass is 302 g/mol. The number of nitro groups is 1. The van der Waals surface area contributed by atoms with E-state index >= 15 is 0 Å². The second-order valence-electron chi connectivity index (χ2n) is 4.52. The van der Waals surface area contributed by atoms with E-state index in [-0.39, 0.29) is 29.3 Å². The quantitative estimate of drug-likeness (QED) is 0.523. The van der Waals surface area contributed by atoms with Gasteiger partial charge in [-0.3, -0.25) is 10.1 Å². The summed E-state index contributed by atoms with van der Waals surface area (Å²) in [5.74, 6) is -0.886. The fourth-order valence-electron chi connectivity index (χ4n) is 1.99. The van der Waals surface area contributed by atoms with Crippen LogP contribution in [0.1, 0.15) is 19.4 Å². The van der Waals surface area contributed by atoms with Crippen molar-refractivity contribution in [3.63, 3.8) is 0 Å². The number of carbonyl (C=O) groups is 1. The molecule has 1 aromatic carbocycles. The Balaban J connectivity index is 2.33. The Morgan fingerprint density at radius 3 is 2.59 bits per heavy atom. The van der Waals surface area contributed by atoms with Crippen molar-refractivity contribution in [2.24, 2.45) is 4.99 Å². The first-order valence-corrected chi connectivity index (χ1v) is 6.56. The first kappa shape index (κ1) is 15.4. The first-order valence-electron chi connectivity index (χ1n) is 6.56. The minimum atomic E-state index is -0.631. The van der Waals surface area contributed by atoms with Crippen LogP contribution in [0.5, 0.6) is 0 Å². The third-order valence-electron chi connectivity index (χ3n) is 3.02. The third kappa shape index (κ3) is 3.03. The summed E-state index contributed by atoms with van der Waals surface area (Å²) in [6, 6.07) is 5.77. The predicted molar refractivity (Wildman–Crippen MR) is 80.5 cm³/mol. The van der Waals surface area contributed by atoms with Gasteiger partial charge in [0, 0.05) is 12.1 Å². The zero-order chi connectivity index (χ0) is 16.3. The van der Waals surface area contributed by atoms with Gasteiger partial charge in [0.15, 0.2) is 5.76 Å². The van der Waals surface area contributed by atoms with Crippen molar-refractivity contribution in [2.75, 3.05) is 6.61 Å². The summed E-state index contributed by atoms with van der Waals surface area (Å²) in [4.78, 5) is 26.0. The van der Waals surface area contributed by atoms with E-state index in [1.54, 1.807) is 13.8 Å². The maximum Gasteiger partial charge on any atom is 0.343 e. The number of rotatable bonds is 4. The molecule has 7 heteroatoms. The second-order valence-corrected chi connectivity index (χ2v) is 4.52. The summed E-state index contributed by atoms with van der Waals surface area (Å²) in [5, 5.41) is 20.7. The van der Waals surface area contributed by atoms with Gasteiger partial charge in [-0.2, -0.15) is 0 Å². The molecule has 0 aliphatic carbocycles. The molecule has 114 valence electrons. The number of aliphatic imine (C=N–C) groups is 1. The van der Waals surface area contributed by atoms with Crippen LogP contribution in [0.15, 0.2) is 46.3 Å². The van der Waals surface area contributed by atoms with Gasteiger partial charge in [-0.15, -0.1) is 0 Å². The highest BCUT2D eigenvalue weighted by molar-refractivity contribution is 6.22. The number of hydrogen-bond donors (Lipinski definition) is 1. The molecule has 0 bridgehead atoms. The topological polar surface area (TPSA) is 102 Å². The van der Waals surface area contributed by atoms with Gasteiger partial charge in [0.1, 0.15) is 11.3 Å². The van der Waals surface area contributed by atoms with E-state index in [1.165, 1.54) is 30.3 Å². The molecule has 1 aliphatic heterocycles. The summed E-state index contributed by atoms with van der Waals surface area (Å²) < 4.78 is 4.87. The number of benzene rings is 1. The fourth-order valence-corrected chi connectivity index (χ4v) is 1.99. The standard InChI is InChI=1S/C15H14N2O5/c1-3-22-15(19)13-9(2)16-12(14(13)18)8-10-4-6-11(7-5-10)17(20)21/h4-8,18H,3H2,1-2H3/b12-8-. The van der Waals surface area contributed by atoms with Gasteiger partial charge in [-0.1, -0.05) is 0 Å². The summed E-state index contributed by atoms with van der Waals surface area (Å²) in [6.45, 7) is 3.47. The van der Waals surface area contributed by atoms with Crippen LogP contribution in [-0.4, -0.2) is 28.3 Å². The van der Waals surface area contributed by atoms with Crippen LogP contribution < -0.4 is 0 Å². The van der Waals surface area contributed by atoms with Gasteiger partial charge in [-0.25, -0.2) is 9.79 Å². The second kappa shape index (κ2) is 6.21. The minimum absolute atomic E-state index is 0.0276. The van der Waals surface area contributed by atoms with Crippen LogP contribution in [0.3, 0.4) is 0 Å². The fraction of sp³-hybridized carbons (Fsp3) is 0.200. The first-order chi connectivity index (χ1) is 10.4. The van der Waals surface area contributed by atoms with Crippen molar-refractivity contribution >= 4 is 23.4 Å². The van der Waals surface area contributed by atoms with E-state index in [0.717, 1.165) is 0 Å². The number of nitrogens with zero attached hydrogens (tertiary/aromatic N) is 2. The zero-order valence-electron chi connectivity index (χ0n) is 12.1. The summed E-state index contributed by atoms with van der Waals surface area (Å²) in [7, 11) is 0. The highest BCUT2D eigenvalue weighted by Gasteiger charge is 2.27. The summed E-state index contributed by atoms with van der Waals surface area (Å²) in [5.41, 5.74) is 1.21. The van der Waals surface area contributed by atoms with Crippen LogP contribution in [0.2, 0.25) is 0 Å². The van der Waals surface area contributed by atoms with E-state index in [4.69, 9.17) is 4.74 Å². The van der Waals surface area contributed by atoms with Crippen LogP contribution in [-0.2, 0) is 9.53 Å². The molecule has 2 rings (SSSR count). The van der Waals surface area contributed by atoms with Gasteiger partial charge in [0.2, 0.25) is 0 Å². The molecule has 0 saturated carbocycles. The van der Waals surface area contributed by atoms with Gasteiger partial charge < -0.3 is 9.84 Å². The normalized spacial score (nSPS) is 15.9. The Labute approximate surface area is 126 Å². The summed E-state index contributed by atoms with van der Waals surface area (Å²) in [6.07, 6.45) is 1.54. The lowest BCUT2D eigenvalue weighted by atomic mass is 10.1. The molecule has 1 aromatic rings. The lowest BCUT2D eigenvalue weighted by Crippen LogP contribution is -2.13. The van der Waals surface area contributed by atoms with Gasteiger partial charge in [0.05, 0.1) is 17.2 Å². The largest absolute Gasteiger partial charge is 0.505 e. The molecule has 0 fully saturated rings. The molecule has 1 N–H and O–H groups in total. The Morgan fingerprint density at radius 2 is 2.05 bits per heavy atom. The molecule has 7 nitrogen and oxygen atoms in total. The highest BCUT2D eigenvalue weighted by Crippen LogP contribution is 2.26. The number of aliphatic hydroxyl groups is 1. The lowest BCUT2D eigenvalue weighted by Gasteiger charge is -2.02. The number of esters is 1. The molecule has 1 aliphatic rings. The SMILES string of the molecule is CCOC(=O)C1=C(O)/C(=C/c2ccc([N+](=O)[O-])cc2)N=C1C. The average Bonchev–Trinajstić information content (AvgIpc) is 2.74. The number of carbonyl (C=O) groups excluding carboxylic acids is 1. The van der Waals surface area contributed by atoms with E-state index in [9.17, 15) is 20.0 Å². The predicted octanol–water partition coefficient (Wildman–Crippen LogP) is 2.79. The van der Waals surface area contributed by atoms with E-state index in [0.29, 0.717) is 11.3 Å². The van der Waals surface area contributed by atoms with Crippen LogP contribution in [0.25, 0.3) is 6.08 Å². The van der Waals surface area contributed by atoms with E-state index < -0.39 is 10.9 Å².